The molecule has 0 unspecified atom stereocenters. The highest BCUT2D eigenvalue weighted by atomic mass is 31.2. The van der Waals surface area contributed by atoms with E-state index in [4.69, 9.17) is 14.0 Å². The zero-order valence-corrected chi connectivity index (χ0v) is 22.6. The quantitative estimate of drug-likeness (QED) is 0.153. The van der Waals surface area contributed by atoms with Crippen LogP contribution in [0.2, 0.25) is 0 Å². The number of hydrogen-bond acceptors (Lipinski definition) is 8. The van der Waals surface area contributed by atoms with Crippen molar-refractivity contribution in [3.05, 3.63) is 95.3 Å². The molecule has 0 fully saturated rings. The Bertz CT molecular complexity index is 1610. The number of fused-ring (bicyclic) bond motifs is 1. The summed E-state index contributed by atoms with van der Waals surface area (Å²) < 4.78 is 24.6. The Morgan fingerprint density at radius 3 is 2.38 bits per heavy atom. The van der Waals surface area contributed by atoms with Gasteiger partial charge >= 0.3 is 7.60 Å². The van der Waals surface area contributed by atoms with Gasteiger partial charge in [-0.2, -0.15) is 5.21 Å². The van der Waals surface area contributed by atoms with E-state index in [0.717, 1.165) is 23.2 Å². The van der Waals surface area contributed by atoms with Crippen LogP contribution in [0.15, 0.2) is 77.8 Å². The third-order valence-corrected chi connectivity index (χ3v) is 8.27. The monoisotopic (exact) mass is 544 g/mol. The Labute approximate surface area is 225 Å². The van der Waals surface area contributed by atoms with Gasteiger partial charge < -0.3 is 19.1 Å². The normalized spacial score (nSPS) is 12.3. The number of rotatable bonds is 11. The van der Waals surface area contributed by atoms with Crippen LogP contribution in [0.1, 0.15) is 36.4 Å². The summed E-state index contributed by atoms with van der Waals surface area (Å²) in [6.45, 7) is 4.02. The molecule has 0 aliphatic rings. The first-order valence-corrected chi connectivity index (χ1v) is 14.2. The summed E-state index contributed by atoms with van der Waals surface area (Å²) in [5, 5.41) is 26.2. The van der Waals surface area contributed by atoms with Crippen LogP contribution in [0.4, 0.5) is 5.69 Å². The van der Waals surface area contributed by atoms with Gasteiger partial charge in [0, 0.05) is 22.9 Å². The smallest absolute Gasteiger partial charge is 0.361 e. The summed E-state index contributed by atoms with van der Waals surface area (Å²) in [5.74, 6) is 0.625. The van der Waals surface area contributed by atoms with Crippen LogP contribution in [-0.4, -0.2) is 49.6 Å². The van der Waals surface area contributed by atoms with Crippen molar-refractivity contribution in [2.24, 2.45) is 4.99 Å². The second kappa shape index (κ2) is 11.7. The van der Waals surface area contributed by atoms with Crippen LogP contribution in [0.5, 0.6) is 5.88 Å². The molecule has 0 aliphatic heterocycles. The Kier molecular flexibility index (Phi) is 7.97. The lowest BCUT2D eigenvalue weighted by Gasteiger charge is -2.17. The lowest BCUT2D eigenvalue weighted by Crippen LogP contribution is -2.11. The Hall–Kier alpha value is -4.11. The van der Waals surface area contributed by atoms with Gasteiger partial charge in [-0.05, 0) is 56.2 Å². The number of nitrogens with one attached hydrogen (secondary N) is 2. The van der Waals surface area contributed by atoms with Gasteiger partial charge in [0.05, 0.1) is 35.5 Å². The number of aryl methyl sites for hydroxylation is 2. The second-order valence-electron chi connectivity index (χ2n) is 8.73. The predicted molar refractivity (Wildman–Crippen MR) is 150 cm³/mol. The van der Waals surface area contributed by atoms with Gasteiger partial charge in [-0.3, -0.25) is 4.57 Å². The zero-order chi connectivity index (χ0) is 27.2. The molecule has 0 aliphatic carbocycles. The van der Waals surface area contributed by atoms with Crippen molar-refractivity contribution in [3.8, 4) is 5.88 Å². The van der Waals surface area contributed by atoms with E-state index < -0.39 is 7.60 Å². The SMILES string of the molecule is CCOP(=O)(OCC)c1ccc2[nH]c(O)c(C(=Nc3ccc(CCc4nn[nH]n4)cc3)c3ccccc3)c2c1. The number of H-pyrrole nitrogens is 2. The third-order valence-electron chi connectivity index (χ3n) is 6.16. The molecule has 0 atom stereocenters. The molecule has 0 saturated carbocycles. The number of aromatic hydroxyl groups is 1. The molecule has 2 aromatic heterocycles. The van der Waals surface area contributed by atoms with Gasteiger partial charge in [0.25, 0.3) is 0 Å². The van der Waals surface area contributed by atoms with Crippen molar-refractivity contribution < 1.29 is 18.7 Å². The van der Waals surface area contributed by atoms with E-state index >= 15 is 0 Å². The van der Waals surface area contributed by atoms with Gasteiger partial charge in [0.15, 0.2) is 11.7 Å². The van der Waals surface area contributed by atoms with E-state index in [1.165, 1.54) is 0 Å². The van der Waals surface area contributed by atoms with Crippen LogP contribution in [0, 0.1) is 0 Å². The first-order valence-electron chi connectivity index (χ1n) is 12.7. The maximum Gasteiger partial charge on any atom is 0.361 e. The molecule has 0 bridgehead atoms. The standard InChI is InChI=1S/C28H29N6O4P/c1-3-37-39(36,38-4-2)22-15-16-24-23(18-22)26(28(35)30-24)27(20-8-6-5-7-9-20)29-21-13-10-19(11-14-21)12-17-25-31-33-34-32-25/h5-11,13-16,18,30,35H,3-4,12,17H2,1-2H3,(H,31,32,33,34). The van der Waals surface area contributed by atoms with Gasteiger partial charge in [0.2, 0.25) is 0 Å². The first kappa shape index (κ1) is 26.5. The molecule has 10 nitrogen and oxygen atoms in total. The maximum atomic E-state index is 13.5. The molecule has 200 valence electrons. The number of nitrogens with zero attached hydrogens (tertiary/aromatic N) is 4. The van der Waals surface area contributed by atoms with Crippen LogP contribution in [0.25, 0.3) is 10.9 Å². The number of hydrogen-bond donors (Lipinski definition) is 3. The van der Waals surface area contributed by atoms with Crippen molar-refractivity contribution in [1.29, 1.82) is 0 Å². The minimum atomic E-state index is -3.54. The van der Waals surface area contributed by atoms with Crippen molar-refractivity contribution in [2.45, 2.75) is 26.7 Å². The fraction of sp³-hybridized carbons (Fsp3) is 0.214. The summed E-state index contributed by atoms with van der Waals surface area (Å²) in [6.07, 6.45) is 1.44. The van der Waals surface area contributed by atoms with Crippen LogP contribution >= 0.6 is 7.60 Å². The Balaban J connectivity index is 1.57. The molecule has 3 aromatic carbocycles. The summed E-state index contributed by atoms with van der Waals surface area (Å²) in [5.41, 5.74) is 4.39. The van der Waals surface area contributed by atoms with Gasteiger partial charge in [0.1, 0.15) is 0 Å². The molecule has 5 aromatic rings. The molecular weight excluding hydrogens is 515 g/mol. The molecular formula is C28H29N6O4P. The van der Waals surface area contributed by atoms with Gasteiger partial charge in [-0.1, -0.05) is 47.7 Å². The highest BCUT2D eigenvalue weighted by Gasteiger charge is 2.28. The number of aromatic amines is 2. The van der Waals surface area contributed by atoms with E-state index in [1.807, 2.05) is 54.6 Å². The third kappa shape index (κ3) is 5.83. The maximum absolute atomic E-state index is 13.5. The summed E-state index contributed by atoms with van der Waals surface area (Å²) in [4.78, 5) is 7.99. The zero-order valence-electron chi connectivity index (χ0n) is 21.7. The van der Waals surface area contributed by atoms with Gasteiger partial charge in [-0.15, -0.1) is 10.2 Å². The molecule has 0 saturated heterocycles. The number of tetrazole rings is 1. The summed E-state index contributed by atoms with van der Waals surface area (Å²) in [6, 6.07) is 22.7. The predicted octanol–water partition coefficient (Wildman–Crippen LogP) is 5.23. The number of aromatic nitrogens is 5. The minimum absolute atomic E-state index is 0.0378. The van der Waals surface area contributed by atoms with Crippen molar-refractivity contribution in [3.63, 3.8) is 0 Å². The fourth-order valence-electron chi connectivity index (χ4n) is 4.37. The molecule has 39 heavy (non-hydrogen) atoms. The first-order chi connectivity index (χ1) is 19.0. The van der Waals surface area contributed by atoms with E-state index in [0.29, 0.717) is 39.7 Å². The van der Waals surface area contributed by atoms with E-state index in [2.05, 4.69) is 25.6 Å². The molecule has 11 heteroatoms. The Morgan fingerprint density at radius 1 is 0.974 bits per heavy atom. The van der Waals surface area contributed by atoms with Gasteiger partial charge in [-0.25, -0.2) is 4.99 Å². The minimum Gasteiger partial charge on any atom is -0.494 e. The number of benzene rings is 3. The van der Waals surface area contributed by atoms with Crippen LogP contribution < -0.4 is 5.30 Å². The van der Waals surface area contributed by atoms with Crippen molar-refractivity contribution >= 4 is 35.2 Å². The molecule has 5 rings (SSSR count). The second-order valence-corrected chi connectivity index (χ2v) is 10.8. The Morgan fingerprint density at radius 2 is 1.72 bits per heavy atom. The van der Waals surface area contributed by atoms with E-state index in [1.54, 1.807) is 32.0 Å². The highest BCUT2D eigenvalue weighted by Crippen LogP contribution is 2.47. The molecule has 0 amide bonds. The topological polar surface area (TPSA) is 138 Å². The average Bonchev–Trinajstić information content (AvgIpc) is 3.59. The van der Waals surface area contributed by atoms with Crippen LogP contribution in [-0.2, 0) is 26.5 Å². The van der Waals surface area contributed by atoms with E-state index in [-0.39, 0.29) is 19.1 Å². The largest absolute Gasteiger partial charge is 0.494 e. The molecule has 0 spiro atoms. The average molecular weight is 545 g/mol. The molecule has 3 N–H and O–H groups in total. The highest BCUT2D eigenvalue weighted by molar-refractivity contribution is 7.62. The lowest BCUT2D eigenvalue weighted by atomic mass is 10.0. The fourth-order valence-corrected chi connectivity index (χ4v) is 5.97. The van der Waals surface area contributed by atoms with Crippen molar-refractivity contribution in [1.82, 2.24) is 25.6 Å². The molecule has 0 radical (unpaired) electrons. The lowest BCUT2D eigenvalue weighted by molar-refractivity contribution is 0.230. The van der Waals surface area contributed by atoms with E-state index in [9.17, 15) is 9.67 Å². The summed E-state index contributed by atoms with van der Waals surface area (Å²) in [7, 11) is -3.54. The number of aliphatic imine (C=N–C) groups is 1. The molecule has 2 heterocycles. The van der Waals surface area contributed by atoms with Crippen molar-refractivity contribution in [2.75, 3.05) is 13.2 Å². The summed E-state index contributed by atoms with van der Waals surface area (Å²) >= 11 is 0. The van der Waals surface area contributed by atoms with Crippen LogP contribution in [0.3, 0.4) is 0 Å².